The number of unbranched alkanes of at least 4 members (excludes halogenated alkanes) is 8. The van der Waals surface area contributed by atoms with E-state index in [4.69, 9.17) is 0 Å². The number of rotatable bonds is 22. The van der Waals surface area contributed by atoms with Gasteiger partial charge in [0.15, 0.2) is 0 Å². The normalized spacial score (nSPS) is 14.2. The highest BCUT2D eigenvalue weighted by atomic mass is 32.1. The Balaban J connectivity index is 1.19. The molecule has 7 aromatic rings. The molecule has 0 radical (unpaired) electrons. The molecule has 0 spiro atoms. The molecule has 0 N–H and O–H groups in total. The highest BCUT2D eigenvalue weighted by Gasteiger charge is 2.35. The highest BCUT2D eigenvalue weighted by molar-refractivity contribution is 7.14. The minimum absolute atomic E-state index is 1.10. The van der Waals surface area contributed by atoms with Crippen molar-refractivity contribution in [1.82, 2.24) is 0 Å². The Bertz CT molecular complexity index is 2680. The molecule has 0 saturated carbocycles. The van der Waals surface area contributed by atoms with Gasteiger partial charge in [-0.2, -0.15) is 0 Å². The van der Waals surface area contributed by atoms with E-state index in [-0.39, 0.29) is 0 Å². The first-order valence-corrected chi connectivity index (χ1v) is 27.8. The lowest BCUT2D eigenvalue weighted by Crippen LogP contribution is -1.98. The molecule has 68 heavy (non-hydrogen) atoms. The lowest BCUT2D eigenvalue weighted by atomic mass is 9.85. The molecule has 0 fully saturated rings. The third kappa shape index (κ3) is 10.5. The Kier molecular flexibility index (Phi) is 16.2. The minimum Gasteiger partial charge on any atom is -0.143 e. The van der Waals surface area contributed by atoms with E-state index in [0.29, 0.717) is 0 Å². The maximum Gasteiger partial charge on any atom is 0.0428 e. The summed E-state index contributed by atoms with van der Waals surface area (Å²) in [5.41, 5.74) is 24.4. The van der Waals surface area contributed by atoms with Gasteiger partial charge >= 0.3 is 0 Å². The van der Waals surface area contributed by atoms with Gasteiger partial charge in [-0.05, 0) is 191 Å². The van der Waals surface area contributed by atoms with Crippen molar-refractivity contribution >= 4 is 45.0 Å². The summed E-state index contributed by atoms with van der Waals surface area (Å²) in [6.07, 6.45) is 28.3. The zero-order chi connectivity index (χ0) is 46.7. The van der Waals surface area contributed by atoms with Crippen LogP contribution in [0.1, 0.15) is 172 Å². The Hall–Kier alpha value is -5.54. The molecule has 0 unspecified atom stereocenters. The molecular formula is C66H70S2. The van der Waals surface area contributed by atoms with Crippen LogP contribution in [0.25, 0.3) is 43.2 Å². The van der Waals surface area contributed by atoms with Crippen LogP contribution >= 0.6 is 22.7 Å². The number of thiophene rings is 2. The van der Waals surface area contributed by atoms with Gasteiger partial charge in [0.05, 0.1) is 0 Å². The second-order valence-electron chi connectivity index (χ2n) is 19.1. The summed E-state index contributed by atoms with van der Waals surface area (Å²) in [6, 6.07) is 48.3. The fraction of sp³-hybridized carbons (Fsp3) is 0.303. The molecule has 5 aromatic carbocycles. The Labute approximate surface area is 417 Å². The number of hydrogen-bond acceptors (Lipinski definition) is 2. The summed E-state index contributed by atoms with van der Waals surface area (Å²) in [7, 11) is 0. The zero-order valence-corrected chi connectivity index (χ0v) is 42.8. The molecule has 346 valence electrons. The fourth-order valence-electron chi connectivity index (χ4n) is 10.6. The molecule has 2 aliphatic rings. The van der Waals surface area contributed by atoms with Gasteiger partial charge < -0.3 is 0 Å². The Morgan fingerprint density at radius 2 is 0.706 bits per heavy atom. The standard InChI is InChI=1S/C66H70S2/c1-5-9-13-17-21-47-25-33-51(34-26-47)61(52-35-27-48(28-36-52)22-18-14-10-6-2)63-55-41-43-67-65(55)59-46-58-60(45-57(59)63)66-56(42-44-68-66)64(58)62(53-37-29-49(30-38-53)23-19-15-11-7-3)54-39-31-50(32-40-54)24-20-16-12-8-4/h5,7,9,11,25-46H,6,8,10,12-24H2,1-4H3/b9-5+,11-7+,63-61-,64-62-. The SMILES string of the molecule is C/C=C/CCCc1ccc(/C(=C2/c3cc4c(cc3-c3sccc32)/C(=C(/c2ccc(CCC/C=C/C)cc2)c2ccc(CCCCCC)cc2)c2ccsc2-4)c2ccc(CCCCCC)cc2)cc1. The van der Waals surface area contributed by atoms with Crippen molar-refractivity contribution in [1.29, 1.82) is 0 Å². The first-order valence-electron chi connectivity index (χ1n) is 26.0. The van der Waals surface area contributed by atoms with Gasteiger partial charge in [0.1, 0.15) is 0 Å². The van der Waals surface area contributed by atoms with Crippen LogP contribution in [-0.2, 0) is 25.7 Å². The maximum atomic E-state index is 2.58. The largest absolute Gasteiger partial charge is 0.143 e. The van der Waals surface area contributed by atoms with Crippen LogP contribution in [0.3, 0.4) is 0 Å². The molecule has 2 heteroatoms. The van der Waals surface area contributed by atoms with Crippen molar-refractivity contribution in [2.24, 2.45) is 0 Å². The molecule has 2 aliphatic carbocycles. The zero-order valence-electron chi connectivity index (χ0n) is 41.1. The van der Waals surface area contributed by atoms with Gasteiger partial charge in [-0.3, -0.25) is 0 Å². The van der Waals surface area contributed by atoms with Crippen molar-refractivity contribution in [2.75, 3.05) is 0 Å². The highest BCUT2D eigenvalue weighted by Crippen LogP contribution is 2.58. The van der Waals surface area contributed by atoms with Crippen LogP contribution < -0.4 is 0 Å². The van der Waals surface area contributed by atoms with Gasteiger partial charge in [-0.1, -0.05) is 174 Å². The smallest absolute Gasteiger partial charge is 0.0428 e. The van der Waals surface area contributed by atoms with E-state index in [1.807, 2.05) is 22.7 Å². The van der Waals surface area contributed by atoms with Gasteiger partial charge in [0.2, 0.25) is 0 Å². The van der Waals surface area contributed by atoms with E-state index in [0.717, 1.165) is 38.5 Å². The van der Waals surface area contributed by atoms with E-state index < -0.39 is 0 Å². The van der Waals surface area contributed by atoms with Crippen LogP contribution in [-0.4, -0.2) is 0 Å². The van der Waals surface area contributed by atoms with Crippen molar-refractivity contribution in [2.45, 2.75) is 130 Å². The molecule has 2 heterocycles. The van der Waals surface area contributed by atoms with E-state index in [1.165, 1.54) is 174 Å². The summed E-state index contributed by atoms with van der Waals surface area (Å²) in [5, 5.41) is 4.63. The van der Waals surface area contributed by atoms with Gasteiger partial charge in [0, 0.05) is 32.0 Å². The number of hydrogen-bond donors (Lipinski definition) is 0. The average Bonchev–Trinajstić information content (AvgIpc) is 4.17. The van der Waals surface area contributed by atoms with Crippen LogP contribution in [0, 0.1) is 0 Å². The monoisotopic (exact) mass is 926 g/mol. The van der Waals surface area contributed by atoms with Gasteiger partial charge in [-0.15, -0.1) is 22.7 Å². The number of aryl methyl sites for hydroxylation is 4. The number of benzene rings is 5. The summed E-state index contributed by atoms with van der Waals surface area (Å²) in [6.45, 7) is 8.83. The predicted molar refractivity (Wildman–Crippen MR) is 300 cm³/mol. The third-order valence-corrected chi connectivity index (χ3v) is 16.2. The second kappa shape index (κ2) is 23.2. The van der Waals surface area contributed by atoms with Crippen LogP contribution in [0.15, 0.2) is 156 Å². The average molecular weight is 927 g/mol. The third-order valence-electron chi connectivity index (χ3n) is 14.3. The minimum atomic E-state index is 1.10. The second-order valence-corrected chi connectivity index (χ2v) is 20.9. The molecule has 0 bridgehead atoms. The molecular weight excluding hydrogens is 857 g/mol. The van der Waals surface area contributed by atoms with E-state index in [2.05, 4.69) is 184 Å². The first-order chi connectivity index (χ1) is 33.6. The predicted octanol–water partition coefficient (Wildman–Crippen LogP) is 19.8. The van der Waals surface area contributed by atoms with Crippen LogP contribution in [0.4, 0.5) is 0 Å². The first kappa shape index (κ1) is 47.5. The lowest BCUT2D eigenvalue weighted by molar-refractivity contribution is 0.667. The van der Waals surface area contributed by atoms with Gasteiger partial charge in [0.25, 0.3) is 0 Å². The van der Waals surface area contributed by atoms with Crippen molar-refractivity contribution < 1.29 is 0 Å². The maximum absolute atomic E-state index is 2.58. The molecule has 2 aromatic heterocycles. The van der Waals surface area contributed by atoms with Crippen molar-refractivity contribution in [3.05, 3.63) is 223 Å². The van der Waals surface area contributed by atoms with Crippen LogP contribution in [0.2, 0.25) is 0 Å². The van der Waals surface area contributed by atoms with Crippen molar-refractivity contribution in [3.8, 4) is 20.9 Å². The quantitative estimate of drug-likeness (QED) is 0.0469. The van der Waals surface area contributed by atoms with Crippen molar-refractivity contribution in [3.63, 3.8) is 0 Å². The molecule has 0 aliphatic heterocycles. The molecule has 0 amide bonds. The van der Waals surface area contributed by atoms with E-state index in [1.54, 1.807) is 0 Å². The molecule has 0 saturated heterocycles. The molecule has 0 nitrogen and oxygen atoms in total. The fourth-order valence-corrected chi connectivity index (χ4v) is 12.5. The lowest BCUT2D eigenvalue weighted by Gasteiger charge is -2.18. The van der Waals surface area contributed by atoms with E-state index >= 15 is 0 Å². The topological polar surface area (TPSA) is 0 Å². The Morgan fingerprint density at radius 3 is 1.03 bits per heavy atom. The molecule has 9 rings (SSSR count). The summed E-state index contributed by atoms with van der Waals surface area (Å²) >= 11 is 3.79. The summed E-state index contributed by atoms with van der Waals surface area (Å²) < 4.78 is 0. The number of allylic oxidation sites excluding steroid dienone is 4. The van der Waals surface area contributed by atoms with Crippen LogP contribution in [0.5, 0.6) is 0 Å². The molecule has 0 atom stereocenters. The number of fused-ring (bicyclic) bond motifs is 6. The van der Waals surface area contributed by atoms with E-state index in [9.17, 15) is 0 Å². The summed E-state index contributed by atoms with van der Waals surface area (Å²) in [5.74, 6) is 0. The summed E-state index contributed by atoms with van der Waals surface area (Å²) in [4.78, 5) is 2.77. The Morgan fingerprint density at radius 1 is 0.368 bits per heavy atom. The van der Waals surface area contributed by atoms with Gasteiger partial charge in [-0.25, -0.2) is 0 Å².